The maximum atomic E-state index is 6.61. The molecular weight excluding hydrogens is 691 g/mol. The number of benzene rings is 7. The lowest BCUT2D eigenvalue weighted by Crippen LogP contribution is -2.42. The Labute approximate surface area is 327 Å². The Kier molecular flexibility index (Phi) is 6.99. The molecule has 0 spiro atoms. The third-order valence-electron chi connectivity index (χ3n) is 12.5. The molecule has 3 aliphatic heterocycles. The van der Waals surface area contributed by atoms with Crippen molar-refractivity contribution < 1.29 is 9.47 Å². The van der Waals surface area contributed by atoms with Gasteiger partial charge in [-0.15, -0.1) is 0 Å². The summed E-state index contributed by atoms with van der Waals surface area (Å²) in [5.74, 6) is 2.96. The van der Waals surface area contributed by atoms with Crippen molar-refractivity contribution in [2.75, 3.05) is 10.2 Å². The second-order valence-electron chi connectivity index (χ2n) is 16.9. The quantitative estimate of drug-likeness (QED) is 0.179. The van der Waals surface area contributed by atoms with Crippen molar-refractivity contribution in [3.8, 4) is 34.1 Å². The number of aryl methyl sites for hydroxylation is 1. The first kappa shape index (κ1) is 32.8. The first-order valence-corrected chi connectivity index (χ1v) is 20.2. The van der Waals surface area contributed by atoms with Gasteiger partial charge in [-0.1, -0.05) is 112 Å². The highest BCUT2D eigenvalue weighted by Crippen LogP contribution is 2.54. The van der Waals surface area contributed by atoms with Gasteiger partial charge in [-0.3, -0.25) is 0 Å². The van der Waals surface area contributed by atoms with Gasteiger partial charge in [-0.05, 0) is 112 Å². The second kappa shape index (κ2) is 11.7. The van der Waals surface area contributed by atoms with Crippen LogP contribution >= 0.6 is 11.8 Å². The Morgan fingerprint density at radius 3 is 2.11 bits per heavy atom. The van der Waals surface area contributed by atoms with Crippen LogP contribution < -0.4 is 30.6 Å². The summed E-state index contributed by atoms with van der Waals surface area (Å²) in [6.45, 7) is 12.0. The molecule has 0 radical (unpaired) electrons. The molecule has 6 heteroatoms. The maximum Gasteiger partial charge on any atom is 0.198 e. The first-order valence-electron chi connectivity index (χ1n) is 19.4. The number of hydrogen-bond donors (Lipinski definition) is 1. The van der Waals surface area contributed by atoms with Crippen LogP contribution in [-0.4, -0.2) is 7.28 Å². The molecule has 55 heavy (non-hydrogen) atoms. The third-order valence-corrected chi connectivity index (χ3v) is 13.6. The molecule has 0 unspecified atom stereocenters. The average molecular weight is 733 g/mol. The summed E-state index contributed by atoms with van der Waals surface area (Å²) >= 11 is 1.84. The van der Waals surface area contributed by atoms with E-state index in [-0.39, 0.29) is 10.8 Å². The van der Waals surface area contributed by atoms with Crippen LogP contribution in [0.4, 0.5) is 28.4 Å². The minimum absolute atomic E-state index is 0.0535. The summed E-state index contributed by atoms with van der Waals surface area (Å²) in [4.78, 5) is 5.04. The van der Waals surface area contributed by atoms with Crippen LogP contribution in [0, 0.1) is 6.92 Å². The Balaban J connectivity index is 1.20. The van der Waals surface area contributed by atoms with Crippen molar-refractivity contribution in [1.82, 2.24) is 0 Å². The minimum Gasteiger partial charge on any atom is -0.450 e. The molecule has 0 saturated heterocycles. The van der Waals surface area contributed by atoms with E-state index in [0.717, 1.165) is 53.8 Å². The van der Waals surface area contributed by atoms with Gasteiger partial charge in [0.2, 0.25) is 0 Å². The van der Waals surface area contributed by atoms with Gasteiger partial charge in [0.25, 0.3) is 0 Å². The van der Waals surface area contributed by atoms with Crippen LogP contribution in [0.25, 0.3) is 21.9 Å². The van der Waals surface area contributed by atoms with E-state index >= 15 is 0 Å². The van der Waals surface area contributed by atoms with Gasteiger partial charge in [-0.2, -0.15) is 0 Å². The standard InChI is InChI=1S/C49H41BN2O2S/c1-28-23-33-34(49(4,5)22-21-48(33,2)3)25-37(28)52-38-27-42-41(53-39-17-9-10-18-40(39)54-42)26-35(38)50-45-32(24-29-13-6-7-14-30(29)47(45)52)31-15-12-20-44-46(31)51-36-16-8-11-19-43(36)55-44/h6-20,23-27,50-51H,21-22H2,1-5H3. The SMILES string of the molecule is Cc1cc2c(cc1N1c3cc4c(cc3Bc3c(-c5cccc6c5Nc5ccccc5S6)cc5ccccc5c31)Oc1ccccc1O4)C(C)(C)CCC2(C)C. The average Bonchev–Trinajstić information content (AvgIpc) is 3.19. The smallest absolute Gasteiger partial charge is 0.198 e. The highest BCUT2D eigenvalue weighted by molar-refractivity contribution is 7.99. The van der Waals surface area contributed by atoms with Crippen LogP contribution in [-0.2, 0) is 10.8 Å². The van der Waals surface area contributed by atoms with Gasteiger partial charge in [0.05, 0.1) is 11.4 Å². The van der Waals surface area contributed by atoms with Crippen molar-refractivity contribution in [3.05, 3.63) is 138 Å². The van der Waals surface area contributed by atoms with Crippen molar-refractivity contribution in [1.29, 1.82) is 0 Å². The lowest BCUT2D eigenvalue weighted by atomic mass is 9.57. The Morgan fingerprint density at radius 2 is 1.31 bits per heavy atom. The summed E-state index contributed by atoms with van der Waals surface area (Å²) in [6.07, 6.45) is 2.33. The maximum absolute atomic E-state index is 6.61. The monoisotopic (exact) mass is 732 g/mol. The van der Waals surface area contributed by atoms with Crippen molar-refractivity contribution in [2.24, 2.45) is 0 Å². The molecule has 7 aromatic rings. The Morgan fingerprint density at radius 1 is 0.636 bits per heavy atom. The number of fused-ring (bicyclic) bond motifs is 9. The van der Waals surface area contributed by atoms with Gasteiger partial charge < -0.3 is 19.7 Å². The van der Waals surface area contributed by atoms with Crippen molar-refractivity contribution >= 4 is 69.2 Å². The minimum atomic E-state index is 0.0535. The van der Waals surface area contributed by atoms with Gasteiger partial charge in [0.15, 0.2) is 30.3 Å². The topological polar surface area (TPSA) is 33.7 Å². The van der Waals surface area contributed by atoms with E-state index < -0.39 is 0 Å². The Bertz CT molecular complexity index is 2790. The summed E-state index contributed by atoms with van der Waals surface area (Å²) in [6, 6.07) is 44.1. The molecule has 4 aliphatic rings. The molecule has 1 aliphatic carbocycles. The normalized spacial score (nSPS) is 16.3. The highest BCUT2D eigenvalue weighted by atomic mass is 32.2. The van der Waals surface area contributed by atoms with Crippen LogP contribution in [0.5, 0.6) is 23.0 Å². The fourth-order valence-electron chi connectivity index (χ4n) is 9.40. The first-order chi connectivity index (χ1) is 26.6. The van der Waals surface area contributed by atoms with Gasteiger partial charge >= 0.3 is 0 Å². The molecule has 0 saturated carbocycles. The zero-order valence-electron chi connectivity index (χ0n) is 31.8. The predicted molar refractivity (Wildman–Crippen MR) is 231 cm³/mol. The fourth-order valence-corrected chi connectivity index (χ4v) is 10.4. The van der Waals surface area contributed by atoms with E-state index in [1.807, 2.05) is 36.0 Å². The largest absolute Gasteiger partial charge is 0.450 e. The molecule has 1 N–H and O–H groups in total. The van der Waals surface area contributed by atoms with Crippen LogP contribution in [0.1, 0.15) is 57.2 Å². The van der Waals surface area contributed by atoms with E-state index in [9.17, 15) is 0 Å². The summed E-state index contributed by atoms with van der Waals surface area (Å²) in [5.41, 5.74) is 15.2. The molecule has 0 atom stereocenters. The second-order valence-corrected chi connectivity index (χ2v) is 18.0. The van der Waals surface area contributed by atoms with Crippen LogP contribution in [0.15, 0.2) is 131 Å². The molecule has 4 nitrogen and oxygen atoms in total. The molecule has 7 aromatic carbocycles. The number of ether oxygens (including phenoxy) is 2. The van der Waals surface area contributed by atoms with Gasteiger partial charge in [0.1, 0.15) is 0 Å². The van der Waals surface area contributed by atoms with Gasteiger partial charge in [-0.25, -0.2) is 0 Å². The van der Waals surface area contributed by atoms with E-state index in [4.69, 9.17) is 9.47 Å². The van der Waals surface area contributed by atoms with Crippen LogP contribution in [0.2, 0.25) is 0 Å². The highest BCUT2D eigenvalue weighted by Gasteiger charge is 2.40. The van der Waals surface area contributed by atoms with E-state index in [1.165, 1.54) is 77.1 Å². The van der Waals surface area contributed by atoms with E-state index in [2.05, 4.69) is 142 Å². The molecule has 11 rings (SSSR count). The molecule has 3 heterocycles. The molecule has 0 amide bonds. The van der Waals surface area contributed by atoms with Crippen LogP contribution in [0.3, 0.4) is 0 Å². The molecule has 0 bridgehead atoms. The summed E-state index contributed by atoms with van der Waals surface area (Å²) in [7, 11) is 0.746. The zero-order valence-corrected chi connectivity index (χ0v) is 32.7. The molecule has 268 valence electrons. The molecular formula is C49H41BN2O2S. The number of nitrogens with zero attached hydrogens (tertiary/aromatic N) is 1. The van der Waals surface area contributed by atoms with Gasteiger partial charge in [0, 0.05) is 43.9 Å². The predicted octanol–water partition coefficient (Wildman–Crippen LogP) is 12.4. The number of para-hydroxylation sites is 4. The van der Waals surface area contributed by atoms with E-state index in [0.29, 0.717) is 0 Å². The molecule has 0 fully saturated rings. The van der Waals surface area contributed by atoms with Crippen molar-refractivity contribution in [3.63, 3.8) is 0 Å². The lowest BCUT2D eigenvalue weighted by Gasteiger charge is -2.44. The number of anilines is 5. The lowest BCUT2D eigenvalue weighted by molar-refractivity contribution is 0.332. The fraction of sp³-hybridized carbons (Fsp3) is 0.184. The summed E-state index contributed by atoms with van der Waals surface area (Å²) < 4.78 is 13.2. The number of nitrogens with one attached hydrogen (secondary N) is 1. The third kappa shape index (κ3) is 5.00. The molecule has 0 aromatic heterocycles. The summed E-state index contributed by atoms with van der Waals surface area (Å²) in [5, 5.41) is 6.32. The number of rotatable bonds is 2. The van der Waals surface area contributed by atoms with Crippen molar-refractivity contribution in [2.45, 2.75) is 68.1 Å². The van der Waals surface area contributed by atoms with E-state index in [1.54, 1.807) is 0 Å². The Hall–Kier alpha value is -5.59. The number of hydrogen-bond acceptors (Lipinski definition) is 5. The zero-order chi connectivity index (χ0) is 37.2.